The Morgan fingerprint density at radius 3 is 1.27 bits per heavy atom. The first-order chi connectivity index (χ1) is 15.9. The van der Waals surface area contributed by atoms with Crippen LogP contribution >= 0.6 is 0 Å². The molecule has 1 atom stereocenters. The SMILES string of the molecule is CCCCCCCCCCCCCCCCCC(=O)OC(C)C(CCC(C)C)CCC(C)C. The largest absolute Gasteiger partial charge is 0.462 e. The molecule has 0 radical (unpaired) electrons. The second-order valence-electron chi connectivity index (χ2n) is 11.6. The van der Waals surface area contributed by atoms with Gasteiger partial charge in [0.1, 0.15) is 6.10 Å². The molecule has 0 aromatic rings. The van der Waals surface area contributed by atoms with Gasteiger partial charge in [0.25, 0.3) is 0 Å². The van der Waals surface area contributed by atoms with Crippen LogP contribution in [0, 0.1) is 17.8 Å². The van der Waals surface area contributed by atoms with Gasteiger partial charge >= 0.3 is 5.97 Å². The molecule has 0 aromatic heterocycles. The van der Waals surface area contributed by atoms with Crippen molar-refractivity contribution in [1.29, 1.82) is 0 Å². The van der Waals surface area contributed by atoms with Gasteiger partial charge in [0.2, 0.25) is 0 Å². The Bertz CT molecular complexity index is 403. The Morgan fingerprint density at radius 1 is 0.545 bits per heavy atom. The first-order valence-electron chi connectivity index (χ1n) is 15.1. The van der Waals surface area contributed by atoms with E-state index in [1.807, 2.05) is 0 Å². The molecule has 0 aliphatic rings. The van der Waals surface area contributed by atoms with Crippen molar-refractivity contribution in [2.45, 2.75) is 176 Å². The summed E-state index contributed by atoms with van der Waals surface area (Å²) in [6.07, 6.45) is 25.8. The third-order valence-corrected chi connectivity index (χ3v) is 7.20. The van der Waals surface area contributed by atoms with Crippen molar-refractivity contribution in [2.75, 3.05) is 0 Å². The summed E-state index contributed by atoms with van der Waals surface area (Å²) >= 11 is 0. The van der Waals surface area contributed by atoms with Crippen LogP contribution in [0.25, 0.3) is 0 Å². The summed E-state index contributed by atoms with van der Waals surface area (Å²) in [7, 11) is 0. The molecule has 0 bridgehead atoms. The second kappa shape index (κ2) is 23.2. The summed E-state index contributed by atoms with van der Waals surface area (Å²) in [6, 6.07) is 0. The number of ether oxygens (including phenoxy) is 1. The van der Waals surface area contributed by atoms with E-state index in [-0.39, 0.29) is 12.1 Å². The monoisotopic (exact) mass is 466 g/mol. The van der Waals surface area contributed by atoms with Crippen molar-refractivity contribution in [3.05, 3.63) is 0 Å². The van der Waals surface area contributed by atoms with E-state index >= 15 is 0 Å². The van der Waals surface area contributed by atoms with Crippen LogP contribution in [0.2, 0.25) is 0 Å². The zero-order valence-electron chi connectivity index (χ0n) is 23.8. The average molecular weight is 467 g/mol. The molecule has 0 fully saturated rings. The van der Waals surface area contributed by atoms with Gasteiger partial charge in [-0.1, -0.05) is 137 Å². The maximum Gasteiger partial charge on any atom is 0.306 e. The Hall–Kier alpha value is -0.530. The number of unbranched alkanes of at least 4 members (excludes halogenated alkanes) is 14. The van der Waals surface area contributed by atoms with Gasteiger partial charge in [-0.25, -0.2) is 0 Å². The molecule has 0 spiro atoms. The molecule has 0 aliphatic heterocycles. The van der Waals surface area contributed by atoms with Crippen LogP contribution < -0.4 is 0 Å². The Labute approximate surface area is 209 Å². The molecule has 0 rings (SSSR count). The highest BCUT2D eigenvalue weighted by atomic mass is 16.5. The molecule has 33 heavy (non-hydrogen) atoms. The minimum absolute atomic E-state index is 0.0243. The maximum absolute atomic E-state index is 12.3. The molecule has 1 unspecified atom stereocenters. The fourth-order valence-corrected chi connectivity index (χ4v) is 4.71. The average Bonchev–Trinajstić information content (AvgIpc) is 2.75. The van der Waals surface area contributed by atoms with Crippen LogP contribution in [0.4, 0.5) is 0 Å². The lowest BCUT2D eigenvalue weighted by molar-refractivity contribution is -0.151. The molecular weight excluding hydrogens is 404 g/mol. The summed E-state index contributed by atoms with van der Waals surface area (Å²) < 4.78 is 5.86. The standard InChI is InChI=1S/C31H62O2/c1-7-8-9-10-11-12-13-14-15-16-17-18-19-20-21-22-31(32)33-29(6)30(25-23-27(2)3)26-24-28(4)5/h27-30H,7-26H2,1-6H3. The van der Waals surface area contributed by atoms with Gasteiger partial charge in [-0.05, 0) is 43.9 Å². The van der Waals surface area contributed by atoms with E-state index < -0.39 is 0 Å². The number of carbonyl (C=O) groups is 1. The van der Waals surface area contributed by atoms with Crippen molar-refractivity contribution < 1.29 is 9.53 Å². The Morgan fingerprint density at radius 2 is 0.909 bits per heavy atom. The molecule has 0 amide bonds. The lowest BCUT2D eigenvalue weighted by atomic mass is 9.88. The summed E-state index contributed by atoms with van der Waals surface area (Å²) in [6.45, 7) is 13.5. The Balaban J connectivity index is 3.69. The number of hydrogen-bond acceptors (Lipinski definition) is 2. The van der Waals surface area contributed by atoms with Crippen molar-refractivity contribution in [3.63, 3.8) is 0 Å². The molecule has 0 saturated carbocycles. The minimum Gasteiger partial charge on any atom is -0.462 e. The van der Waals surface area contributed by atoms with E-state index in [0.717, 1.165) is 18.3 Å². The van der Waals surface area contributed by atoms with Crippen molar-refractivity contribution in [1.82, 2.24) is 0 Å². The van der Waals surface area contributed by atoms with E-state index in [1.54, 1.807) is 0 Å². The summed E-state index contributed by atoms with van der Waals surface area (Å²) in [5, 5.41) is 0. The summed E-state index contributed by atoms with van der Waals surface area (Å²) in [5.74, 6) is 1.97. The van der Waals surface area contributed by atoms with Crippen molar-refractivity contribution in [2.24, 2.45) is 17.8 Å². The lowest BCUT2D eigenvalue weighted by Crippen LogP contribution is -2.25. The third-order valence-electron chi connectivity index (χ3n) is 7.20. The molecule has 0 heterocycles. The van der Waals surface area contributed by atoms with Gasteiger partial charge in [0, 0.05) is 6.42 Å². The normalized spacial score (nSPS) is 12.8. The van der Waals surface area contributed by atoms with Crippen LogP contribution in [0.15, 0.2) is 0 Å². The van der Waals surface area contributed by atoms with Crippen LogP contribution in [0.5, 0.6) is 0 Å². The van der Waals surface area contributed by atoms with Gasteiger partial charge in [-0.3, -0.25) is 4.79 Å². The van der Waals surface area contributed by atoms with Crippen LogP contribution in [-0.2, 0) is 9.53 Å². The van der Waals surface area contributed by atoms with Crippen LogP contribution in [0.1, 0.15) is 170 Å². The maximum atomic E-state index is 12.3. The minimum atomic E-state index is 0.0243. The number of rotatable bonds is 24. The highest BCUT2D eigenvalue weighted by Crippen LogP contribution is 2.25. The second-order valence-corrected chi connectivity index (χ2v) is 11.6. The molecule has 2 nitrogen and oxygen atoms in total. The lowest BCUT2D eigenvalue weighted by Gasteiger charge is -2.25. The smallest absolute Gasteiger partial charge is 0.306 e. The van der Waals surface area contributed by atoms with E-state index in [2.05, 4.69) is 41.5 Å². The number of hydrogen-bond donors (Lipinski definition) is 0. The zero-order valence-corrected chi connectivity index (χ0v) is 23.8. The Kier molecular flexibility index (Phi) is 22.9. The molecule has 2 heteroatoms. The van der Waals surface area contributed by atoms with Gasteiger partial charge in [0.05, 0.1) is 0 Å². The van der Waals surface area contributed by atoms with Gasteiger partial charge < -0.3 is 4.74 Å². The van der Waals surface area contributed by atoms with Crippen molar-refractivity contribution in [3.8, 4) is 0 Å². The van der Waals surface area contributed by atoms with E-state index in [0.29, 0.717) is 12.3 Å². The molecule has 0 aromatic carbocycles. The quantitative estimate of drug-likeness (QED) is 0.104. The predicted octanol–water partition coefficient (Wildman–Crippen LogP) is 10.7. The predicted molar refractivity (Wildman–Crippen MR) is 147 cm³/mol. The third kappa shape index (κ3) is 23.0. The highest BCUT2D eigenvalue weighted by Gasteiger charge is 2.21. The van der Waals surface area contributed by atoms with Crippen LogP contribution in [-0.4, -0.2) is 12.1 Å². The molecule has 0 N–H and O–H groups in total. The van der Waals surface area contributed by atoms with Crippen LogP contribution in [0.3, 0.4) is 0 Å². The van der Waals surface area contributed by atoms with E-state index in [1.165, 1.54) is 116 Å². The van der Waals surface area contributed by atoms with E-state index in [4.69, 9.17) is 4.74 Å². The summed E-state index contributed by atoms with van der Waals surface area (Å²) in [5.41, 5.74) is 0. The number of esters is 1. The zero-order chi connectivity index (χ0) is 24.7. The first kappa shape index (κ1) is 32.5. The van der Waals surface area contributed by atoms with E-state index in [9.17, 15) is 4.79 Å². The van der Waals surface area contributed by atoms with Gasteiger partial charge in [-0.2, -0.15) is 0 Å². The van der Waals surface area contributed by atoms with Gasteiger partial charge in [-0.15, -0.1) is 0 Å². The highest BCUT2D eigenvalue weighted by molar-refractivity contribution is 5.69. The van der Waals surface area contributed by atoms with Crippen molar-refractivity contribution >= 4 is 5.97 Å². The summed E-state index contributed by atoms with van der Waals surface area (Å²) in [4.78, 5) is 12.3. The molecule has 0 aliphatic carbocycles. The fraction of sp³-hybridized carbons (Fsp3) is 0.968. The molecule has 198 valence electrons. The molecular formula is C31H62O2. The fourth-order valence-electron chi connectivity index (χ4n) is 4.71. The first-order valence-corrected chi connectivity index (χ1v) is 15.1. The number of carbonyl (C=O) groups excluding carboxylic acids is 1. The molecule has 0 saturated heterocycles. The van der Waals surface area contributed by atoms with Gasteiger partial charge in [0.15, 0.2) is 0 Å². The topological polar surface area (TPSA) is 26.3 Å².